The van der Waals surface area contributed by atoms with Gasteiger partial charge in [-0.3, -0.25) is 4.90 Å². The van der Waals surface area contributed by atoms with Crippen molar-refractivity contribution in [1.29, 1.82) is 5.26 Å². The number of hydrogen-bond donors (Lipinski definition) is 0. The van der Waals surface area contributed by atoms with Crippen LogP contribution in [0.15, 0.2) is 22.9 Å². The van der Waals surface area contributed by atoms with Crippen LogP contribution >= 0.6 is 0 Å². The summed E-state index contributed by atoms with van der Waals surface area (Å²) in [5.74, 6) is 3.06. The molecule has 118 valence electrons. The van der Waals surface area contributed by atoms with E-state index in [4.69, 9.17) is 9.78 Å². The van der Waals surface area contributed by atoms with Crippen molar-refractivity contribution in [3.63, 3.8) is 0 Å². The first-order valence-electron chi connectivity index (χ1n) is 7.98. The Balaban J connectivity index is 1.32. The minimum absolute atomic E-state index is 0.534. The molecule has 0 atom stereocenters. The third-order valence-electron chi connectivity index (χ3n) is 4.36. The predicted molar refractivity (Wildman–Crippen MR) is 82.7 cm³/mol. The van der Waals surface area contributed by atoms with Gasteiger partial charge in [0, 0.05) is 38.3 Å². The van der Waals surface area contributed by atoms with Crippen molar-refractivity contribution in [2.24, 2.45) is 0 Å². The van der Waals surface area contributed by atoms with Crippen LogP contribution in [0.4, 0.5) is 5.82 Å². The number of pyridine rings is 1. The monoisotopic (exact) mass is 310 g/mol. The third kappa shape index (κ3) is 3.17. The molecule has 1 saturated heterocycles. The Labute approximate surface area is 134 Å². The lowest BCUT2D eigenvalue weighted by atomic mass is 10.2. The van der Waals surface area contributed by atoms with Crippen LogP contribution in [-0.4, -0.2) is 46.2 Å². The maximum atomic E-state index is 8.82. The quantitative estimate of drug-likeness (QED) is 0.847. The van der Waals surface area contributed by atoms with Gasteiger partial charge < -0.3 is 9.42 Å². The highest BCUT2D eigenvalue weighted by molar-refractivity contribution is 5.42. The average molecular weight is 310 g/mol. The molecular formula is C16H18N6O. The first-order chi connectivity index (χ1) is 11.3. The fourth-order valence-corrected chi connectivity index (χ4v) is 2.81. The number of hydrogen-bond acceptors (Lipinski definition) is 7. The highest BCUT2D eigenvalue weighted by Gasteiger charge is 2.29. The molecule has 0 amide bonds. The van der Waals surface area contributed by atoms with E-state index >= 15 is 0 Å². The van der Waals surface area contributed by atoms with Crippen molar-refractivity contribution in [2.75, 3.05) is 31.1 Å². The summed E-state index contributed by atoms with van der Waals surface area (Å²) < 4.78 is 5.35. The zero-order chi connectivity index (χ0) is 15.6. The second-order valence-corrected chi connectivity index (χ2v) is 6.10. The lowest BCUT2D eigenvalue weighted by Gasteiger charge is -2.34. The molecule has 1 saturated carbocycles. The van der Waals surface area contributed by atoms with Crippen molar-refractivity contribution < 1.29 is 4.52 Å². The van der Waals surface area contributed by atoms with E-state index in [-0.39, 0.29) is 0 Å². The number of aromatic nitrogens is 3. The second kappa shape index (κ2) is 5.97. The summed E-state index contributed by atoms with van der Waals surface area (Å²) in [4.78, 5) is 13.4. The molecule has 2 aliphatic rings. The third-order valence-corrected chi connectivity index (χ3v) is 4.36. The summed E-state index contributed by atoms with van der Waals surface area (Å²) in [5.41, 5.74) is 0.593. The van der Waals surface area contributed by atoms with Gasteiger partial charge in [0.25, 0.3) is 0 Å². The van der Waals surface area contributed by atoms with Crippen LogP contribution in [-0.2, 0) is 6.54 Å². The lowest BCUT2D eigenvalue weighted by Crippen LogP contribution is -2.46. The van der Waals surface area contributed by atoms with E-state index in [1.807, 2.05) is 12.1 Å². The molecular weight excluding hydrogens is 292 g/mol. The summed E-state index contributed by atoms with van der Waals surface area (Å²) in [5, 5.41) is 12.9. The van der Waals surface area contributed by atoms with Crippen molar-refractivity contribution >= 4 is 5.82 Å². The summed E-state index contributed by atoms with van der Waals surface area (Å²) in [6.07, 6.45) is 4.00. The summed E-state index contributed by atoms with van der Waals surface area (Å²) in [7, 11) is 0. The van der Waals surface area contributed by atoms with Crippen LogP contribution in [0, 0.1) is 11.3 Å². The predicted octanol–water partition coefficient (Wildman–Crippen LogP) is 1.54. The van der Waals surface area contributed by atoms with Gasteiger partial charge in [0.05, 0.1) is 12.1 Å². The van der Waals surface area contributed by atoms with Gasteiger partial charge >= 0.3 is 0 Å². The van der Waals surface area contributed by atoms with Crippen LogP contribution in [0.5, 0.6) is 0 Å². The number of anilines is 1. The fraction of sp³-hybridized carbons (Fsp3) is 0.500. The molecule has 0 N–H and O–H groups in total. The standard InChI is InChI=1S/C16H18N6O/c17-9-12-1-4-14(18-10-12)22-7-5-21(6-8-22)11-15-19-16(20-23-15)13-2-3-13/h1,4,10,13H,2-3,5-8,11H2. The molecule has 23 heavy (non-hydrogen) atoms. The highest BCUT2D eigenvalue weighted by Crippen LogP contribution is 2.38. The van der Waals surface area contributed by atoms with E-state index in [9.17, 15) is 0 Å². The molecule has 7 heteroatoms. The van der Waals surface area contributed by atoms with E-state index < -0.39 is 0 Å². The molecule has 0 bridgehead atoms. The maximum Gasteiger partial charge on any atom is 0.240 e. The molecule has 0 unspecified atom stereocenters. The van der Waals surface area contributed by atoms with Crippen LogP contribution in [0.3, 0.4) is 0 Å². The summed E-state index contributed by atoms with van der Waals surface area (Å²) in [6.45, 7) is 4.39. The molecule has 7 nitrogen and oxygen atoms in total. The average Bonchev–Trinajstić information content (AvgIpc) is 3.36. The topological polar surface area (TPSA) is 82.1 Å². The molecule has 0 radical (unpaired) electrons. The van der Waals surface area contributed by atoms with Gasteiger partial charge in [0.2, 0.25) is 5.89 Å². The summed E-state index contributed by atoms with van der Waals surface area (Å²) >= 11 is 0. The Morgan fingerprint density at radius 3 is 2.70 bits per heavy atom. The Bertz CT molecular complexity index is 707. The molecule has 2 aromatic heterocycles. The molecule has 1 aliphatic carbocycles. The van der Waals surface area contributed by atoms with E-state index in [0.29, 0.717) is 18.0 Å². The minimum Gasteiger partial charge on any atom is -0.354 e. The van der Waals surface area contributed by atoms with Gasteiger partial charge in [0.1, 0.15) is 11.9 Å². The second-order valence-electron chi connectivity index (χ2n) is 6.10. The molecule has 2 aromatic rings. The van der Waals surface area contributed by atoms with Crippen LogP contribution in [0.25, 0.3) is 0 Å². The van der Waals surface area contributed by atoms with Crippen molar-refractivity contribution in [2.45, 2.75) is 25.3 Å². The van der Waals surface area contributed by atoms with Crippen LogP contribution in [0.1, 0.15) is 36.0 Å². The van der Waals surface area contributed by atoms with E-state index in [1.54, 1.807) is 6.20 Å². The van der Waals surface area contributed by atoms with Crippen molar-refractivity contribution in [1.82, 2.24) is 20.0 Å². The van der Waals surface area contributed by atoms with E-state index in [1.165, 1.54) is 12.8 Å². The minimum atomic E-state index is 0.534. The zero-order valence-electron chi connectivity index (χ0n) is 12.9. The van der Waals surface area contributed by atoms with Gasteiger partial charge in [-0.15, -0.1) is 0 Å². The molecule has 0 aromatic carbocycles. The highest BCUT2D eigenvalue weighted by atomic mass is 16.5. The Morgan fingerprint density at radius 1 is 1.22 bits per heavy atom. The van der Waals surface area contributed by atoms with Gasteiger partial charge in [-0.05, 0) is 25.0 Å². The SMILES string of the molecule is N#Cc1ccc(N2CCN(Cc3nc(C4CC4)no3)CC2)nc1. The first-order valence-corrected chi connectivity index (χ1v) is 7.98. The lowest BCUT2D eigenvalue weighted by molar-refractivity contribution is 0.215. The Morgan fingerprint density at radius 2 is 2.04 bits per heavy atom. The van der Waals surface area contributed by atoms with Gasteiger partial charge in [-0.1, -0.05) is 5.16 Å². The number of piperazine rings is 1. The number of nitriles is 1. The zero-order valence-corrected chi connectivity index (χ0v) is 12.9. The Kier molecular flexibility index (Phi) is 3.67. The normalized spacial score (nSPS) is 18.8. The van der Waals surface area contributed by atoms with Gasteiger partial charge in [-0.2, -0.15) is 10.2 Å². The summed E-state index contributed by atoms with van der Waals surface area (Å²) in [6, 6.07) is 5.82. The van der Waals surface area contributed by atoms with Crippen LogP contribution in [0.2, 0.25) is 0 Å². The molecule has 1 aliphatic heterocycles. The number of nitrogens with zero attached hydrogens (tertiary/aromatic N) is 6. The molecule has 3 heterocycles. The molecule has 2 fully saturated rings. The van der Waals surface area contributed by atoms with Crippen LogP contribution < -0.4 is 4.90 Å². The Hall–Kier alpha value is -2.46. The van der Waals surface area contributed by atoms with Gasteiger partial charge in [0.15, 0.2) is 5.82 Å². The van der Waals surface area contributed by atoms with E-state index in [2.05, 4.69) is 31.0 Å². The van der Waals surface area contributed by atoms with E-state index in [0.717, 1.165) is 43.7 Å². The van der Waals surface area contributed by atoms with Crippen molar-refractivity contribution in [3.8, 4) is 6.07 Å². The van der Waals surface area contributed by atoms with Crippen molar-refractivity contribution in [3.05, 3.63) is 35.6 Å². The van der Waals surface area contributed by atoms with Gasteiger partial charge in [-0.25, -0.2) is 4.98 Å². The maximum absolute atomic E-state index is 8.82. The molecule has 0 spiro atoms. The first kappa shape index (κ1) is 14.2. The molecule has 4 rings (SSSR count). The largest absolute Gasteiger partial charge is 0.354 e. The smallest absolute Gasteiger partial charge is 0.240 e. The number of rotatable bonds is 4. The fourth-order valence-electron chi connectivity index (χ4n) is 2.81.